The molecule has 0 radical (unpaired) electrons. The molecule has 0 aromatic carbocycles. The summed E-state index contributed by atoms with van der Waals surface area (Å²) in [6, 6.07) is -0.219. The molecule has 100 valence electrons. The number of carbonyl (C=O) groups excluding carboxylic acids is 2. The van der Waals surface area contributed by atoms with Crippen LogP contribution < -0.4 is 10.6 Å². The van der Waals surface area contributed by atoms with Gasteiger partial charge in [-0.15, -0.1) is 0 Å². The Morgan fingerprint density at radius 1 is 1.35 bits per heavy atom. The summed E-state index contributed by atoms with van der Waals surface area (Å²) in [5, 5.41) is 5.22. The first kappa shape index (κ1) is 16.1. The molecule has 0 bridgehead atoms. The molecule has 17 heavy (non-hydrogen) atoms. The number of hydrogen-bond acceptors (Lipinski definition) is 4. The van der Waals surface area contributed by atoms with Gasteiger partial charge in [-0.25, -0.2) is 4.79 Å². The van der Waals surface area contributed by atoms with E-state index in [-0.39, 0.29) is 18.6 Å². The van der Waals surface area contributed by atoms with E-state index in [9.17, 15) is 9.59 Å². The minimum Gasteiger partial charge on any atom is -0.465 e. The van der Waals surface area contributed by atoms with Crippen molar-refractivity contribution >= 4 is 23.8 Å². The first-order valence-corrected chi connectivity index (χ1v) is 7.03. The van der Waals surface area contributed by atoms with E-state index >= 15 is 0 Å². The number of thioether (sulfide) groups is 1. The molecule has 0 saturated carbocycles. The van der Waals surface area contributed by atoms with Crippen LogP contribution in [0, 0.1) is 0 Å². The van der Waals surface area contributed by atoms with E-state index in [0.29, 0.717) is 6.61 Å². The molecule has 0 heterocycles. The summed E-state index contributed by atoms with van der Waals surface area (Å²) in [5.74, 6) is 1.69. The van der Waals surface area contributed by atoms with Crippen molar-refractivity contribution in [2.75, 3.05) is 24.7 Å². The molecule has 0 aliphatic heterocycles. The predicted octanol–water partition coefficient (Wildman–Crippen LogP) is 1.38. The molecule has 5 nitrogen and oxygen atoms in total. The lowest BCUT2D eigenvalue weighted by molar-refractivity contribution is -0.141. The van der Waals surface area contributed by atoms with Crippen LogP contribution in [0.5, 0.6) is 0 Å². The van der Waals surface area contributed by atoms with E-state index in [2.05, 4.69) is 17.6 Å². The molecule has 0 aromatic heterocycles. The van der Waals surface area contributed by atoms with Gasteiger partial charge in [0.25, 0.3) is 0 Å². The van der Waals surface area contributed by atoms with Gasteiger partial charge in [0, 0.05) is 6.04 Å². The van der Waals surface area contributed by atoms with Crippen LogP contribution in [0.3, 0.4) is 0 Å². The van der Waals surface area contributed by atoms with Crippen molar-refractivity contribution in [3.63, 3.8) is 0 Å². The lowest BCUT2D eigenvalue weighted by atomic mass is 10.3. The normalized spacial score (nSPS) is 11.7. The number of esters is 1. The van der Waals surface area contributed by atoms with E-state index in [0.717, 1.165) is 17.9 Å². The zero-order valence-electron chi connectivity index (χ0n) is 10.7. The quantitative estimate of drug-likeness (QED) is 0.512. The summed E-state index contributed by atoms with van der Waals surface area (Å²) < 4.78 is 4.69. The Bertz CT molecular complexity index is 237. The Hall–Kier alpha value is -0.910. The van der Waals surface area contributed by atoms with Crippen molar-refractivity contribution in [1.29, 1.82) is 0 Å². The van der Waals surface area contributed by atoms with Crippen LogP contribution in [0.4, 0.5) is 4.79 Å². The van der Waals surface area contributed by atoms with Gasteiger partial charge < -0.3 is 15.4 Å². The number of urea groups is 1. The molecule has 2 amide bonds. The van der Waals surface area contributed by atoms with Crippen molar-refractivity contribution in [2.24, 2.45) is 0 Å². The van der Waals surface area contributed by atoms with E-state index in [1.54, 1.807) is 6.92 Å². The molecule has 1 atom stereocenters. The lowest BCUT2D eigenvalue weighted by Crippen LogP contribution is -2.43. The second kappa shape index (κ2) is 10.3. The van der Waals surface area contributed by atoms with Gasteiger partial charge in [-0.05, 0) is 31.8 Å². The Labute approximate surface area is 107 Å². The zero-order chi connectivity index (χ0) is 13.1. The first-order chi connectivity index (χ1) is 8.10. The van der Waals surface area contributed by atoms with Crippen molar-refractivity contribution in [3.8, 4) is 0 Å². The summed E-state index contributed by atoms with van der Waals surface area (Å²) in [6.07, 6.45) is 0.922. The third-order valence-corrected chi connectivity index (χ3v) is 2.91. The summed E-state index contributed by atoms with van der Waals surface area (Å²) in [6.45, 7) is 6.02. The Balaban J connectivity index is 3.60. The molecule has 1 unspecified atom stereocenters. The monoisotopic (exact) mass is 262 g/mol. The van der Waals surface area contributed by atoms with Crippen molar-refractivity contribution in [1.82, 2.24) is 10.6 Å². The Morgan fingerprint density at radius 2 is 2.06 bits per heavy atom. The topological polar surface area (TPSA) is 67.4 Å². The SMILES string of the molecule is CCOC(=O)CNC(=O)NC(C)CCSCC. The number of carbonyl (C=O) groups is 2. The molecule has 6 heteroatoms. The smallest absolute Gasteiger partial charge is 0.325 e. The number of hydrogen-bond donors (Lipinski definition) is 2. The Morgan fingerprint density at radius 3 is 2.65 bits per heavy atom. The summed E-state index contributed by atoms with van der Waals surface area (Å²) >= 11 is 1.84. The fourth-order valence-electron chi connectivity index (χ4n) is 1.12. The van der Waals surface area contributed by atoms with E-state index < -0.39 is 5.97 Å². The maximum atomic E-state index is 11.4. The van der Waals surface area contributed by atoms with Gasteiger partial charge in [-0.2, -0.15) is 11.8 Å². The van der Waals surface area contributed by atoms with Gasteiger partial charge in [0.15, 0.2) is 0 Å². The minimum absolute atomic E-state index is 0.0872. The highest BCUT2D eigenvalue weighted by Crippen LogP contribution is 2.03. The second-order valence-electron chi connectivity index (χ2n) is 3.52. The number of amides is 2. The van der Waals surface area contributed by atoms with Gasteiger partial charge in [-0.1, -0.05) is 6.92 Å². The average Bonchev–Trinajstić information content (AvgIpc) is 2.27. The van der Waals surface area contributed by atoms with Crippen molar-refractivity contribution in [2.45, 2.75) is 33.2 Å². The van der Waals surface area contributed by atoms with Gasteiger partial charge in [0.1, 0.15) is 6.54 Å². The summed E-state index contributed by atoms with van der Waals surface area (Å²) in [5.41, 5.74) is 0. The molecule has 0 saturated heterocycles. The summed E-state index contributed by atoms with van der Waals surface area (Å²) in [4.78, 5) is 22.3. The third-order valence-electron chi connectivity index (χ3n) is 1.98. The highest BCUT2D eigenvalue weighted by Gasteiger charge is 2.08. The molecule has 0 spiro atoms. The maximum absolute atomic E-state index is 11.4. The Kier molecular flexibility index (Phi) is 9.71. The summed E-state index contributed by atoms with van der Waals surface area (Å²) in [7, 11) is 0. The molecular weight excluding hydrogens is 240 g/mol. The van der Waals surface area contributed by atoms with Crippen LogP contribution in [-0.2, 0) is 9.53 Å². The number of ether oxygens (including phenoxy) is 1. The molecule has 0 aliphatic carbocycles. The largest absolute Gasteiger partial charge is 0.465 e. The molecule has 0 rings (SSSR count). The molecular formula is C11H22N2O3S. The van der Waals surface area contributed by atoms with Crippen LogP contribution in [0.25, 0.3) is 0 Å². The average molecular weight is 262 g/mol. The second-order valence-corrected chi connectivity index (χ2v) is 4.91. The van der Waals surface area contributed by atoms with Crippen LogP contribution in [-0.4, -0.2) is 42.7 Å². The molecule has 2 N–H and O–H groups in total. The number of nitrogens with one attached hydrogen (secondary N) is 2. The third kappa shape index (κ3) is 9.99. The van der Waals surface area contributed by atoms with Gasteiger partial charge in [0.2, 0.25) is 0 Å². The van der Waals surface area contributed by atoms with Gasteiger partial charge in [-0.3, -0.25) is 4.79 Å². The van der Waals surface area contributed by atoms with Crippen molar-refractivity contribution < 1.29 is 14.3 Å². The van der Waals surface area contributed by atoms with Crippen LogP contribution in [0.1, 0.15) is 27.2 Å². The number of rotatable bonds is 8. The fraction of sp³-hybridized carbons (Fsp3) is 0.818. The van der Waals surface area contributed by atoms with Gasteiger partial charge in [0.05, 0.1) is 6.61 Å². The minimum atomic E-state index is -0.420. The first-order valence-electron chi connectivity index (χ1n) is 5.87. The van der Waals surface area contributed by atoms with Gasteiger partial charge >= 0.3 is 12.0 Å². The molecule has 0 aromatic rings. The van der Waals surface area contributed by atoms with Crippen LogP contribution in [0.15, 0.2) is 0 Å². The van der Waals surface area contributed by atoms with E-state index in [1.807, 2.05) is 18.7 Å². The maximum Gasteiger partial charge on any atom is 0.325 e. The highest BCUT2D eigenvalue weighted by molar-refractivity contribution is 7.99. The zero-order valence-corrected chi connectivity index (χ0v) is 11.6. The van der Waals surface area contributed by atoms with Crippen LogP contribution in [0.2, 0.25) is 0 Å². The van der Waals surface area contributed by atoms with E-state index in [4.69, 9.17) is 4.74 Å². The standard InChI is InChI=1S/C11H22N2O3S/c1-4-16-10(14)8-12-11(15)13-9(3)6-7-17-5-2/h9H,4-8H2,1-3H3,(H2,12,13,15). The predicted molar refractivity (Wildman–Crippen MR) is 70.2 cm³/mol. The molecule has 0 aliphatic rings. The highest BCUT2D eigenvalue weighted by atomic mass is 32.2. The fourth-order valence-corrected chi connectivity index (χ4v) is 1.92. The lowest BCUT2D eigenvalue weighted by Gasteiger charge is -2.13. The van der Waals surface area contributed by atoms with Crippen LogP contribution >= 0.6 is 11.8 Å². The molecule has 0 fully saturated rings. The van der Waals surface area contributed by atoms with Crippen molar-refractivity contribution in [3.05, 3.63) is 0 Å². The van der Waals surface area contributed by atoms with E-state index in [1.165, 1.54) is 0 Å².